The maximum atomic E-state index is 13.4. The first-order valence-corrected chi connectivity index (χ1v) is 6.52. The Labute approximate surface area is 129 Å². The van der Waals surface area contributed by atoms with Gasteiger partial charge in [0.05, 0.1) is 18.3 Å². The van der Waals surface area contributed by atoms with Gasteiger partial charge in [-0.1, -0.05) is 18.2 Å². The summed E-state index contributed by atoms with van der Waals surface area (Å²) in [6.45, 7) is -1.45. The van der Waals surface area contributed by atoms with Crippen molar-refractivity contribution in [1.82, 2.24) is 4.98 Å². The number of amides is 1. The highest BCUT2D eigenvalue weighted by molar-refractivity contribution is 5.92. The molecule has 0 atom stereocenters. The molecule has 0 radical (unpaired) electrons. The van der Waals surface area contributed by atoms with E-state index in [0.717, 1.165) is 6.20 Å². The molecule has 0 aliphatic rings. The van der Waals surface area contributed by atoms with Crippen molar-refractivity contribution < 1.29 is 27.1 Å². The number of anilines is 1. The Morgan fingerprint density at radius 2 is 1.91 bits per heavy atom. The molecule has 0 unspecified atom stereocenters. The maximum Gasteiger partial charge on any atom is 0.422 e. The molecule has 2 aromatic rings. The van der Waals surface area contributed by atoms with Gasteiger partial charge in [-0.25, -0.2) is 9.37 Å². The molecule has 1 aromatic carbocycles. The van der Waals surface area contributed by atoms with E-state index in [4.69, 9.17) is 0 Å². The second-order valence-corrected chi connectivity index (χ2v) is 4.61. The first kappa shape index (κ1) is 16.7. The molecule has 0 bridgehead atoms. The number of halogens is 4. The van der Waals surface area contributed by atoms with Crippen molar-refractivity contribution in [3.05, 3.63) is 54.0 Å². The number of ether oxygens (including phenoxy) is 1. The standard InChI is InChI=1S/C15H12F4N2O2/c16-12-4-2-1-3-10(12)7-13(22)21-11-5-6-14(20-8-11)23-9-15(17,18)19/h1-6,8H,7,9H2,(H,21,22). The van der Waals surface area contributed by atoms with Gasteiger partial charge in [-0.05, 0) is 17.7 Å². The van der Waals surface area contributed by atoms with Gasteiger partial charge in [0.25, 0.3) is 0 Å². The van der Waals surface area contributed by atoms with Crippen LogP contribution in [0.1, 0.15) is 5.56 Å². The summed E-state index contributed by atoms with van der Waals surface area (Å²) in [5.74, 6) is -1.17. The minimum atomic E-state index is -4.45. The van der Waals surface area contributed by atoms with Gasteiger partial charge in [0.2, 0.25) is 11.8 Å². The highest BCUT2D eigenvalue weighted by atomic mass is 19.4. The predicted octanol–water partition coefficient (Wildman–Crippen LogP) is 3.34. The van der Waals surface area contributed by atoms with E-state index in [2.05, 4.69) is 15.0 Å². The summed E-state index contributed by atoms with van der Waals surface area (Å²) in [4.78, 5) is 15.4. The van der Waals surface area contributed by atoms with E-state index in [0.29, 0.717) is 0 Å². The average Bonchev–Trinajstić information content (AvgIpc) is 2.48. The van der Waals surface area contributed by atoms with Crippen LogP contribution in [0.3, 0.4) is 0 Å². The summed E-state index contributed by atoms with van der Waals surface area (Å²) in [5.41, 5.74) is 0.508. The number of nitrogens with one attached hydrogen (secondary N) is 1. The Bertz CT molecular complexity index is 672. The lowest BCUT2D eigenvalue weighted by Gasteiger charge is -2.09. The normalized spacial score (nSPS) is 11.1. The van der Waals surface area contributed by atoms with Gasteiger partial charge < -0.3 is 10.1 Å². The van der Waals surface area contributed by atoms with E-state index in [-0.39, 0.29) is 23.6 Å². The van der Waals surface area contributed by atoms with E-state index in [1.54, 1.807) is 6.07 Å². The lowest BCUT2D eigenvalue weighted by Crippen LogP contribution is -2.19. The number of carbonyl (C=O) groups is 1. The van der Waals surface area contributed by atoms with E-state index in [1.165, 1.54) is 30.3 Å². The van der Waals surface area contributed by atoms with Crippen LogP contribution in [0.25, 0.3) is 0 Å². The smallest absolute Gasteiger partial charge is 0.422 e. The van der Waals surface area contributed by atoms with Crippen molar-refractivity contribution in [2.45, 2.75) is 12.6 Å². The number of benzene rings is 1. The molecular formula is C15H12F4N2O2. The van der Waals surface area contributed by atoms with Gasteiger partial charge in [-0.2, -0.15) is 13.2 Å². The lowest BCUT2D eigenvalue weighted by atomic mass is 10.1. The minimum absolute atomic E-state index is 0.168. The van der Waals surface area contributed by atoms with Crippen molar-refractivity contribution in [1.29, 1.82) is 0 Å². The Morgan fingerprint density at radius 3 is 2.52 bits per heavy atom. The fraction of sp³-hybridized carbons (Fsp3) is 0.200. The van der Waals surface area contributed by atoms with E-state index >= 15 is 0 Å². The molecule has 8 heteroatoms. The van der Waals surface area contributed by atoms with E-state index in [9.17, 15) is 22.4 Å². The molecule has 23 heavy (non-hydrogen) atoms. The summed E-state index contributed by atoms with van der Waals surface area (Å²) in [7, 11) is 0. The molecular weight excluding hydrogens is 316 g/mol. The number of aromatic nitrogens is 1. The summed E-state index contributed by atoms with van der Waals surface area (Å²) < 4.78 is 53.8. The molecule has 0 saturated carbocycles. The zero-order valence-corrected chi connectivity index (χ0v) is 11.7. The number of nitrogens with zero attached hydrogens (tertiary/aromatic N) is 1. The van der Waals surface area contributed by atoms with Gasteiger partial charge in [-0.15, -0.1) is 0 Å². The number of pyridine rings is 1. The number of hydrogen-bond acceptors (Lipinski definition) is 3. The predicted molar refractivity (Wildman–Crippen MR) is 74.5 cm³/mol. The van der Waals surface area contributed by atoms with Crippen molar-refractivity contribution in [3.63, 3.8) is 0 Å². The SMILES string of the molecule is O=C(Cc1ccccc1F)Nc1ccc(OCC(F)(F)F)nc1. The highest BCUT2D eigenvalue weighted by Crippen LogP contribution is 2.18. The van der Waals surface area contributed by atoms with Crippen LogP contribution in [0.4, 0.5) is 23.2 Å². The summed E-state index contributed by atoms with van der Waals surface area (Å²) in [5, 5.41) is 2.47. The molecule has 0 aliphatic heterocycles. The second-order valence-electron chi connectivity index (χ2n) is 4.61. The van der Waals surface area contributed by atoms with Crippen LogP contribution in [-0.2, 0) is 11.2 Å². The quantitative estimate of drug-likeness (QED) is 0.857. The summed E-state index contributed by atoms with van der Waals surface area (Å²) in [6, 6.07) is 8.40. The van der Waals surface area contributed by atoms with Crippen LogP contribution in [0.15, 0.2) is 42.6 Å². The number of rotatable bonds is 5. The van der Waals surface area contributed by atoms with Gasteiger partial charge in [-0.3, -0.25) is 4.79 Å². The number of alkyl halides is 3. The Kier molecular flexibility index (Phi) is 5.15. The lowest BCUT2D eigenvalue weighted by molar-refractivity contribution is -0.154. The first-order valence-electron chi connectivity index (χ1n) is 6.52. The van der Waals surface area contributed by atoms with Gasteiger partial charge in [0.15, 0.2) is 6.61 Å². The van der Waals surface area contributed by atoms with Crippen molar-refractivity contribution >= 4 is 11.6 Å². The van der Waals surface area contributed by atoms with Crippen LogP contribution in [0.5, 0.6) is 5.88 Å². The van der Waals surface area contributed by atoms with Gasteiger partial charge >= 0.3 is 6.18 Å². The molecule has 0 saturated heterocycles. The third-order valence-electron chi connectivity index (χ3n) is 2.71. The van der Waals surface area contributed by atoms with Crippen LogP contribution in [0.2, 0.25) is 0 Å². The zero-order chi connectivity index (χ0) is 16.9. The van der Waals surface area contributed by atoms with Crippen molar-refractivity contribution in [2.24, 2.45) is 0 Å². The monoisotopic (exact) mass is 328 g/mol. The topological polar surface area (TPSA) is 51.2 Å². The Balaban J connectivity index is 1.90. The van der Waals surface area contributed by atoms with Gasteiger partial charge in [0.1, 0.15) is 5.82 Å². The van der Waals surface area contributed by atoms with Crippen LogP contribution < -0.4 is 10.1 Å². The molecule has 1 N–H and O–H groups in total. The fourth-order valence-corrected chi connectivity index (χ4v) is 1.72. The molecule has 0 fully saturated rings. The average molecular weight is 328 g/mol. The summed E-state index contributed by atoms with van der Waals surface area (Å²) in [6.07, 6.45) is -3.46. The maximum absolute atomic E-state index is 13.4. The Hall–Kier alpha value is -2.64. The molecule has 1 aromatic heterocycles. The first-order chi connectivity index (χ1) is 10.8. The minimum Gasteiger partial charge on any atom is -0.468 e. The van der Waals surface area contributed by atoms with Gasteiger partial charge in [0, 0.05) is 6.07 Å². The van der Waals surface area contributed by atoms with Crippen molar-refractivity contribution in [2.75, 3.05) is 11.9 Å². The third kappa shape index (κ3) is 5.57. The molecule has 2 rings (SSSR count). The zero-order valence-electron chi connectivity index (χ0n) is 11.7. The van der Waals surface area contributed by atoms with Crippen LogP contribution in [0, 0.1) is 5.82 Å². The molecule has 0 aliphatic carbocycles. The molecule has 1 heterocycles. The molecule has 122 valence electrons. The summed E-state index contributed by atoms with van der Waals surface area (Å²) >= 11 is 0. The molecule has 4 nitrogen and oxygen atoms in total. The van der Waals surface area contributed by atoms with E-state index < -0.39 is 24.5 Å². The molecule has 0 spiro atoms. The van der Waals surface area contributed by atoms with Crippen LogP contribution >= 0.6 is 0 Å². The fourth-order valence-electron chi connectivity index (χ4n) is 1.72. The Morgan fingerprint density at radius 1 is 1.17 bits per heavy atom. The number of hydrogen-bond donors (Lipinski definition) is 1. The largest absolute Gasteiger partial charge is 0.468 e. The van der Waals surface area contributed by atoms with Crippen LogP contribution in [-0.4, -0.2) is 23.7 Å². The number of carbonyl (C=O) groups excluding carboxylic acids is 1. The van der Waals surface area contributed by atoms with E-state index in [1.807, 2.05) is 0 Å². The third-order valence-corrected chi connectivity index (χ3v) is 2.71. The molecule has 1 amide bonds. The second kappa shape index (κ2) is 7.08. The van der Waals surface area contributed by atoms with Crippen molar-refractivity contribution in [3.8, 4) is 5.88 Å². The highest BCUT2D eigenvalue weighted by Gasteiger charge is 2.28.